The number of hydrogen-bond donors (Lipinski definition) is 1. The third kappa shape index (κ3) is 0.897. The van der Waals surface area contributed by atoms with Gasteiger partial charge < -0.3 is 4.98 Å². The zero-order valence-electron chi connectivity index (χ0n) is 8.52. The quantitative estimate of drug-likeness (QED) is 0.644. The summed E-state index contributed by atoms with van der Waals surface area (Å²) in [6.07, 6.45) is 5.49. The maximum Gasteiger partial charge on any atom is 0.0462 e. The van der Waals surface area contributed by atoms with Crippen molar-refractivity contribution in [1.29, 1.82) is 0 Å². The molecule has 0 fully saturated rings. The lowest BCUT2D eigenvalue weighted by Crippen LogP contribution is -1.83. The molecule has 1 aromatic carbocycles. The van der Waals surface area contributed by atoms with E-state index in [1.54, 1.807) is 0 Å². The molecule has 1 heterocycles. The SMILES string of the molecule is CC1=CCc2cc3c(C)c[nH]c3cc21. The monoisotopic (exact) mass is 183 g/mol. The van der Waals surface area contributed by atoms with E-state index < -0.39 is 0 Å². The first-order chi connectivity index (χ1) is 6.75. The summed E-state index contributed by atoms with van der Waals surface area (Å²) >= 11 is 0. The van der Waals surface area contributed by atoms with Crippen LogP contribution in [-0.4, -0.2) is 4.98 Å². The summed E-state index contributed by atoms with van der Waals surface area (Å²) in [6, 6.07) is 4.60. The van der Waals surface area contributed by atoms with Gasteiger partial charge >= 0.3 is 0 Å². The van der Waals surface area contributed by atoms with Crippen molar-refractivity contribution in [3.63, 3.8) is 0 Å². The summed E-state index contributed by atoms with van der Waals surface area (Å²) in [5.41, 5.74) is 6.90. The molecule has 1 N–H and O–H groups in total. The number of aromatic nitrogens is 1. The predicted molar refractivity (Wildman–Crippen MR) is 60.4 cm³/mol. The molecule has 0 amide bonds. The Hall–Kier alpha value is -1.50. The second-order valence-corrected chi connectivity index (χ2v) is 4.12. The zero-order chi connectivity index (χ0) is 9.71. The van der Waals surface area contributed by atoms with Crippen LogP contribution in [0.3, 0.4) is 0 Å². The lowest BCUT2D eigenvalue weighted by molar-refractivity contribution is 1.32. The lowest BCUT2D eigenvalue weighted by atomic mass is 10.0. The molecule has 1 nitrogen and oxygen atoms in total. The number of H-pyrrole nitrogens is 1. The number of hydrogen-bond acceptors (Lipinski definition) is 0. The summed E-state index contributed by atoms with van der Waals surface area (Å²) in [7, 11) is 0. The third-order valence-electron chi connectivity index (χ3n) is 3.17. The first kappa shape index (κ1) is 7.86. The van der Waals surface area contributed by atoms with Gasteiger partial charge in [-0.05, 0) is 54.7 Å². The van der Waals surface area contributed by atoms with E-state index in [0.29, 0.717) is 0 Å². The van der Waals surface area contributed by atoms with E-state index in [1.807, 2.05) is 0 Å². The van der Waals surface area contributed by atoms with Crippen LogP contribution in [0.5, 0.6) is 0 Å². The highest BCUT2D eigenvalue weighted by atomic mass is 14.7. The van der Waals surface area contributed by atoms with Gasteiger partial charge in [0, 0.05) is 17.1 Å². The van der Waals surface area contributed by atoms with Crippen LogP contribution >= 0.6 is 0 Å². The summed E-state index contributed by atoms with van der Waals surface area (Å²) in [5.74, 6) is 0. The van der Waals surface area contributed by atoms with Gasteiger partial charge in [-0.25, -0.2) is 0 Å². The second-order valence-electron chi connectivity index (χ2n) is 4.12. The van der Waals surface area contributed by atoms with Crippen molar-refractivity contribution in [2.24, 2.45) is 0 Å². The van der Waals surface area contributed by atoms with Crippen molar-refractivity contribution in [2.75, 3.05) is 0 Å². The first-order valence-corrected chi connectivity index (χ1v) is 5.03. The van der Waals surface area contributed by atoms with Crippen molar-refractivity contribution >= 4 is 16.5 Å². The number of aryl methyl sites for hydroxylation is 1. The van der Waals surface area contributed by atoms with Gasteiger partial charge in [0.2, 0.25) is 0 Å². The van der Waals surface area contributed by atoms with Crippen LogP contribution in [-0.2, 0) is 6.42 Å². The van der Waals surface area contributed by atoms with Crippen molar-refractivity contribution in [3.8, 4) is 0 Å². The normalized spacial score (nSPS) is 14.6. The lowest BCUT2D eigenvalue weighted by Gasteiger charge is -2.02. The van der Waals surface area contributed by atoms with Crippen LogP contribution in [0.15, 0.2) is 24.4 Å². The fraction of sp³-hybridized carbons (Fsp3) is 0.231. The Kier molecular flexibility index (Phi) is 1.41. The van der Waals surface area contributed by atoms with Crippen LogP contribution in [0, 0.1) is 6.92 Å². The van der Waals surface area contributed by atoms with Crippen molar-refractivity contribution in [3.05, 3.63) is 41.1 Å². The Morgan fingerprint density at radius 3 is 2.93 bits per heavy atom. The molecule has 0 unspecified atom stereocenters. The maximum atomic E-state index is 3.31. The Balaban J connectivity index is 2.38. The largest absolute Gasteiger partial charge is 0.361 e. The highest BCUT2D eigenvalue weighted by Gasteiger charge is 2.12. The van der Waals surface area contributed by atoms with Crippen LogP contribution < -0.4 is 0 Å². The summed E-state index contributed by atoms with van der Waals surface area (Å²) in [5, 5.41) is 1.37. The Labute approximate surface area is 83.5 Å². The number of nitrogens with one attached hydrogen (secondary N) is 1. The summed E-state index contributed by atoms with van der Waals surface area (Å²) < 4.78 is 0. The van der Waals surface area contributed by atoms with E-state index in [-0.39, 0.29) is 0 Å². The summed E-state index contributed by atoms with van der Waals surface area (Å²) in [6.45, 7) is 4.34. The average Bonchev–Trinajstić information content (AvgIpc) is 2.71. The summed E-state index contributed by atoms with van der Waals surface area (Å²) in [4.78, 5) is 3.31. The molecule has 0 spiro atoms. The molecule has 1 heteroatoms. The van der Waals surface area contributed by atoms with Crippen LogP contribution in [0.1, 0.15) is 23.6 Å². The second kappa shape index (κ2) is 2.50. The van der Waals surface area contributed by atoms with E-state index in [9.17, 15) is 0 Å². The highest BCUT2D eigenvalue weighted by Crippen LogP contribution is 2.31. The molecular formula is C13H13N. The zero-order valence-corrected chi connectivity index (χ0v) is 8.52. The van der Waals surface area contributed by atoms with Gasteiger partial charge in [-0.15, -0.1) is 0 Å². The van der Waals surface area contributed by atoms with Crippen molar-refractivity contribution < 1.29 is 0 Å². The van der Waals surface area contributed by atoms with Crippen LogP contribution in [0.25, 0.3) is 16.5 Å². The molecule has 3 rings (SSSR count). The van der Waals surface area contributed by atoms with Gasteiger partial charge in [0.15, 0.2) is 0 Å². The van der Waals surface area contributed by atoms with Gasteiger partial charge in [-0.2, -0.15) is 0 Å². The standard InChI is InChI=1S/C13H13N/c1-8-3-4-10-5-12-9(2)7-14-13(12)6-11(8)10/h3,5-7,14H,4H2,1-2H3. The molecule has 0 bridgehead atoms. The number of rotatable bonds is 0. The molecule has 1 aliphatic rings. The van der Waals surface area contributed by atoms with Gasteiger partial charge in [0.05, 0.1) is 0 Å². The minimum Gasteiger partial charge on any atom is -0.361 e. The van der Waals surface area contributed by atoms with Crippen LogP contribution in [0.2, 0.25) is 0 Å². The molecule has 0 atom stereocenters. The van der Waals surface area contributed by atoms with E-state index >= 15 is 0 Å². The molecule has 0 aliphatic heterocycles. The molecule has 1 aliphatic carbocycles. The van der Waals surface area contributed by atoms with Crippen LogP contribution in [0.4, 0.5) is 0 Å². The smallest absolute Gasteiger partial charge is 0.0462 e. The molecule has 0 saturated heterocycles. The van der Waals surface area contributed by atoms with Crippen molar-refractivity contribution in [2.45, 2.75) is 20.3 Å². The third-order valence-corrected chi connectivity index (χ3v) is 3.17. The van der Waals surface area contributed by atoms with Gasteiger partial charge in [0.25, 0.3) is 0 Å². The molecule has 0 radical (unpaired) electrons. The first-order valence-electron chi connectivity index (χ1n) is 5.03. The molecular weight excluding hydrogens is 170 g/mol. The van der Waals surface area contributed by atoms with E-state index in [2.05, 4.69) is 43.2 Å². The van der Waals surface area contributed by atoms with Crippen molar-refractivity contribution in [1.82, 2.24) is 4.98 Å². The minimum atomic E-state index is 1.10. The molecule has 14 heavy (non-hydrogen) atoms. The topological polar surface area (TPSA) is 15.8 Å². The molecule has 2 aromatic rings. The van der Waals surface area contributed by atoms with Gasteiger partial charge in [0.1, 0.15) is 0 Å². The Morgan fingerprint density at radius 1 is 1.21 bits per heavy atom. The molecule has 0 saturated carbocycles. The Morgan fingerprint density at radius 2 is 2.07 bits per heavy atom. The van der Waals surface area contributed by atoms with Gasteiger partial charge in [-0.1, -0.05) is 6.08 Å². The minimum absolute atomic E-state index is 1.10. The molecule has 70 valence electrons. The predicted octanol–water partition coefficient (Wildman–Crippen LogP) is 3.44. The van der Waals surface area contributed by atoms with E-state index in [0.717, 1.165) is 6.42 Å². The number of aromatic amines is 1. The van der Waals surface area contributed by atoms with E-state index in [4.69, 9.17) is 0 Å². The maximum absolute atomic E-state index is 3.31. The van der Waals surface area contributed by atoms with Gasteiger partial charge in [-0.3, -0.25) is 0 Å². The number of fused-ring (bicyclic) bond motifs is 2. The number of benzene rings is 1. The van der Waals surface area contributed by atoms with E-state index in [1.165, 1.54) is 33.2 Å². The highest BCUT2D eigenvalue weighted by molar-refractivity contribution is 5.89. The fourth-order valence-corrected chi connectivity index (χ4v) is 2.26. The fourth-order valence-electron chi connectivity index (χ4n) is 2.26. The molecule has 1 aromatic heterocycles. The average molecular weight is 183 g/mol. The number of allylic oxidation sites excluding steroid dienone is 2. The Bertz CT molecular complexity index is 544.